The van der Waals surface area contributed by atoms with Gasteiger partial charge < -0.3 is 10.4 Å². The van der Waals surface area contributed by atoms with Crippen LogP contribution < -0.4 is 5.32 Å². The number of aliphatic carboxylic acids is 1. The SMILES string of the molecule is Cc1ccc(CC(=O)N[C@H]2CCCCC[C@H]2C(=O)O)cc1. The molecule has 0 aromatic heterocycles. The molecule has 1 aromatic rings. The Morgan fingerprint density at radius 1 is 1.14 bits per heavy atom. The Labute approximate surface area is 125 Å². The molecule has 0 spiro atoms. The standard InChI is InChI=1S/C17H23NO3/c1-12-7-9-13(10-8-12)11-16(19)18-15-6-4-2-3-5-14(15)17(20)21/h7-10,14-15H,2-6,11H2,1H3,(H,18,19)(H,20,21)/t14-,15+/m1/s1. The molecule has 1 fully saturated rings. The van der Waals surface area contributed by atoms with Crippen LogP contribution in [0.3, 0.4) is 0 Å². The highest BCUT2D eigenvalue weighted by Crippen LogP contribution is 2.24. The smallest absolute Gasteiger partial charge is 0.308 e. The zero-order valence-electron chi connectivity index (χ0n) is 12.5. The fourth-order valence-electron chi connectivity index (χ4n) is 2.93. The Kier molecular flexibility index (Phi) is 5.37. The summed E-state index contributed by atoms with van der Waals surface area (Å²) in [4.78, 5) is 23.5. The highest BCUT2D eigenvalue weighted by Gasteiger charge is 2.30. The minimum absolute atomic E-state index is 0.0861. The first-order chi connectivity index (χ1) is 10.1. The van der Waals surface area contributed by atoms with Crippen molar-refractivity contribution in [2.45, 2.75) is 51.5 Å². The van der Waals surface area contributed by atoms with Gasteiger partial charge in [0.15, 0.2) is 0 Å². The van der Waals surface area contributed by atoms with Crippen LogP contribution in [0.25, 0.3) is 0 Å². The molecule has 4 nitrogen and oxygen atoms in total. The molecule has 21 heavy (non-hydrogen) atoms. The van der Waals surface area contributed by atoms with Crippen molar-refractivity contribution in [1.82, 2.24) is 5.32 Å². The van der Waals surface area contributed by atoms with Crippen LogP contribution in [0.2, 0.25) is 0 Å². The van der Waals surface area contributed by atoms with Crippen LogP contribution in [0.1, 0.15) is 43.2 Å². The molecule has 0 aliphatic heterocycles. The molecule has 2 atom stereocenters. The number of carbonyl (C=O) groups excluding carboxylic acids is 1. The van der Waals surface area contributed by atoms with Crippen LogP contribution in [0.15, 0.2) is 24.3 Å². The first kappa shape index (κ1) is 15.5. The van der Waals surface area contributed by atoms with Gasteiger partial charge in [0.2, 0.25) is 5.91 Å². The lowest BCUT2D eigenvalue weighted by Crippen LogP contribution is -2.43. The molecule has 0 heterocycles. The zero-order chi connectivity index (χ0) is 15.2. The zero-order valence-corrected chi connectivity index (χ0v) is 12.5. The van der Waals surface area contributed by atoms with E-state index in [1.165, 1.54) is 0 Å². The number of hydrogen-bond acceptors (Lipinski definition) is 2. The second kappa shape index (κ2) is 7.25. The van der Waals surface area contributed by atoms with Gasteiger partial charge in [0.25, 0.3) is 0 Å². The normalized spacial score (nSPS) is 22.3. The summed E-state index contributed by atoms with van der Waals surface area (Å²) in [5.74, 6) is -1.33. The second-order valence-corrected chi connectivity index (χ2v) is 5.92. The number of carbonyl (C=O) groups is 2. The van der Waals surface area contributed by atoms with Gasteiger partial charge in [0, 0.05) is 6.04 Å². The van der Waals surface area contributed by atoms with Crippen LogP contribution in [-0.4, -0.2) is 23.0 Å². The molecule has 1 aliphatic carbocycles. The molecular formula is C17H23NO3. The topological polar surface area (TPSA) is 66.4 Å². The largest absolute Gasteiger partial charge is 0.481 e. The third-order valence-electron chi connectivity index (χ3n) is 4.16. The lowest BCUT2D eigenvalue weighted by molar-refractivity contribution is -0.143. The van der Waals surface area contributed by atoms with Crippen molar-refractivity contribution in [3.8, 4) is 0 Å². The predicted molar refractivity (Wildman–Crippen MR) is 81.0 cm³/mol. The van der Waals surface area contributed by atoms with Crippen molar-refractivity contribution in [2.75, 3.05) is 0 Å². The first-order valence-corrected chi connectivity index (χ1v) is 7.64. The van der Waals surface area contributed by atoms with Gasteiger partial charge in [-0.3, -0.25) is 9.59 Å². The number of aryl methyl sites for hydroxylation is 1. The molecule has 4 heteroatoms. The minimum Gasteiger partial charge on any atom is -0.481 e. The van der Waals surface area contributed by atoms with E-state index in [0.717, 1.165) is 36.8 Å². The van der Waals surface area contributed by atoms with Gasteiger partial charge in [0.1, 0.15) is 0 Å². The van der Waals surface area contributed by atoms with Crippen molar-refractivity contribution in [2.24, 2.45) is 5.92 Å². The Morgan fingerprint density at radius 3 is 2.48 bits per heavy atom. The molecule has 1 aliphatic rings. The maximum atomic E-state index is 12.1. The maximum Gasteiger partial charge on any atom is 0.308 e. The van der Waals surface area contributed by atoms with Gasteiger partial charge in [-0.2, -0.15) is 0 Å². The van der Waals surface area contributed by atoms with E-state index in [1.54, 1.807) is 0 Å². The number of benzene rings is 1. The van der Waals surface area contributed by atoms with Gasteiger partial charge in [0.05, 0.1) is 12.3 Å². The number of rotatable bonds is 4. The summed E-state index contributed by atoms with van der Waals surface area (Å²) in [5.41, 5.74) is 2.12. The molecule has 1 amide bonds. The van der Waals surface area contributed by atoms with Gasteiger partial charge in [-0.15, -0.1) is 0 Å². The van der Waals surface area contributed by atoms with Crippen LogP contribution in [0, 0.1) is 12.8 Å². The van der Waals surface area contributed by atoms with E-state index < -0.39 is 11.9 Å². The fraction of sp³-hybridized carbons (Fsp3) is 0.529. The molecule has 0 unspecified atom stereocenters. The average molecular weight is 289 g/mol. The first-order valence-electron chi connectivity index (χ1n) is 7.64. The molecule has 1 aromatic carbocycles. The highest BCUT2D eigenvalue weighted by atomic mass is 16.4. The summed E-state index contributed by atoms with van der Waals surface area (Å²) in [6.45, 7) is 2.01. The maximum absolute atomic E-state index is 12.1. The van der Waals surface area contributed by atoms with Gasteiger partial charge in [-0.1, -0.05) is 49.1 Å². The van der Waals surface area contributed by atoms with E-state index >= 15 is 0 Å². The van der Waals surface area contributed by atoms with Crippen molar-refractivity contribution in [1.29, 1.82) is 0 Å². The van der Waals surface area contributed by atoms with E-state index in [1.807, 2.05) is 31.2 Å². The Hall–Kier alpha value is -1.84. The van der Waals surface area contributed by atoms with Crippen LogP contribution in [-0.2, 0) is 16.0 Å². The van der Waals surface area contributed by atoms with Crippen LogP contribution >= 0.6 is 0 Å². The monoisotopic (exact) mass is 289 g/mol. The summed E-state index contributed by atoms with van der Waals surface area (Å²) in [6.07, 6.45) is 4.69. The number of hydrogen-bond donors (Lipinski definition) is 2. The third kappa shape index (κ3) is 4.59. The molecule has 1 saturated carbocycles. The number of nitrogens with one attached hydrogen (secondary N) is 1. The van der Waals surface area contributed by atoms with E-state index in [2.05, 4.69) is 5.32 Å². The lowest BCUT2D eigenvalue weighted by Gasteiger charge is -2.22. The van der Waals surface area contributed by atoms with Crippen LogP contribution in [0.5, 0.6) is 0 Å². The van der Waals surface area contributed by atoms with E-state index in [-0.39, 0.29) is 11.9 Å². The quantitative estimate of drug-likeness (QED) is 0.837. The third-order valence-corrected chi connectivity index (χ3v) is 4.16. The van der Waals surface area contributed by atoms with Crippen molar-refractivity contribution in [3.63, 3.8) is 0 Å². The Balaban J connectivity index is 1.96. The summed E-state index contributed by atoms with van der Waals surface area (Å²) in [6, 6.07) is 7.61. The Bertz CT molecular complexity index is 495. The average Bonchev–Trinajstić information content (AvgIpc) is 2.67. The molecule has 2 N–H and O–H groups in total. The minimum atomic E-state index is -0.794. The summed E-state index contributed by atoms with van der Waals surface area (Å²) in [5, 5.41) is 12.2. The predicted octanol–water partition coefficient (Wildman–Crippen LogP) is 2.69. The van der Waals surface area contributed by atoms with Crippen molar-refractivity contribution < 1.29 is 14.7 Å². The van der Waals surface area contributed by atoms with Gasteiger partial charge >= 0.3 is 5.97 Å². The molecule has 114 valence electrons. The summed E-state index contributed by atoms with van der Waals surface area (Å²) in [7, 11) is 0. The molecule has 0 saturated heterocycles. The number of carboxylic acid groups (broad SMARTS) is 1. The molecule has 2 rings (SSSR count). The second-order valence-electron chi connectivity index (χ2n) is 5.92. The van der Waals surface area contributed by atoms with Crippen molar-refractivity contribution >= 4 is 11.9 Å². The van der Waals surface area contributed by atoms with Crippen molar-refractivity contribution in [3.05, 3.63) is 35.4 Å². The van der Waals surface area contributed by atoms with E-state index in [0.29, 0.717) is 12.8 Å². The number of carboxylic acids is 1. The van der Waals surface area contributed by atoms with E-state index in [4.69, 9.17) is 0 Å². The summed E-state index contributed by atoms with van der Waals surface area (Å²) >= 11 is 0. The van der Waals surface area contributed by atoms with Gasteiger partial charge in [-0.25, -0.2) is 0 Å². The van der Waals surface area contributed by atoms with E-state index in [9.17, 15) is 14.7 Å². The molecule has 0 bridgehead atoms. The highest BCUT2D eigenvalue weighted by molar-refractivity contribution is 5.80. The molecule has 0 radical (unpaired) electrons. The fourth-order valence-corrected chi connectivity index (χ4v) is 2.93. The summed E-state index contributed by atoms with van der Waals surface area (Å²) < 4.78 is 0. The van der Waals surface area contributed by atoms with Crippen LogP contribution in [0.4, 0.5) is 0 Å². The molecular weight excluding hydrogens is 266 g/mol. The Morgan fingerprint density at radius 2 is 1.81 bits per heavy atom. The van der Waals surface area contributed by atoms with Gasteiger partial charge in [-0.05, 0) is 25.3 Å². The number of amides is 1. The lowest BCUT2D eigenvalue weighted by atomic mass is 9.94.